The van der Waals surface area contributed by atoms with Crippen molar-refractivity contribution in [3.8, 4) is 0 Å². The lowest BCUT2D eigenvalue weighted by Gasteiger charge is -2.19. The molecule has 0 aliphatic rings. The molecule has 0 heterocycles. The topological polar surface area (TPSA) is 12.0 Å². The lowest BCUT2D eigenvalue weighted by atomic mass is 9.87. The van der Waals surface area contributed by atoms with E-state index < -0.39 is 0 Å². The van der Waals surface area contributed by atoms with E-state index in [-0.39, 0.29) is 5.41 Å². The van der Waals surface area contributed by atoms with Crippen molar-refractivity contribution < 1.29 is 0 Å². The number of thioether (sulfide) groups is 1. The first-order valence-electron chi connectivity index (χ1n) is 6.87. The summed E-state index contributed by atoms with van der Waals surface area (Å²) in [5.41, 5.74) is 1.66. The predicted molar refractivity (Wildman–Crippen MR) is 83.6 cm³/mol. The average Bonchev–Trinajstić information content (AvgIpc) is 2.33. The van der Waals surface area contributed by atoms with Gasteiger partial charge in [0.25, 0.3) is 0 Å². The van der Waals surface area contributed by atoms with Gasteiger partial charge in [0, 0.05) is 10.6 Å². The van der Waals surface area contributed by atoms with Gasteiger partial charge in [0.1, 0.15) is 0 Å². The summed E-state index contributed by atoms with van der Waals surface area (Å²) < 4.78 is 0. The van der Waals surface area contributed by atoms with Gasteiger partial charge in [-0.3, -0.25) is 0 Å². The first-order chi connectivity index (χ1) is 8.43. The van der Waals surface area contributed by atoms with Gasteiger partial charge >= 0.3 is 0 Å². The summed E-state index contributed by atoms with van der Waals surface area (Å²) in [6.45, 7) is 13.4. The van der Waals surface area contributed by atoms with Crippen LogP contribution in [0.25, 0.3) is 0 Å². The van der Waals surface area contributed by atoms with Crippen LogP contribution in [-0.2, 0) is 5.41 Å². The van der Waals surface area contributed by atoms with E-state index in [0.717, 1.165) is 19.0 Å². The summed E-state index contributed by atoms with van der Waals surface area (Å²) in [5.74, 6) is 1.90. The SMILES string of the molecule is CCNCC(C)CSc1ccc(C(C)(C)C)cc1. The molecule has 1 atom stereocenters. The fraction of sp³-hybridized carbons (Fsp3) is 0.625. The second-order valence-corrected chi connectivity index (χ2v) is 7.09. The molecule has 0 aromatic heterocycles. The number of rotatable bonds is 6. The van der Waals surface area contributed by atoms with E-state index in [1.165, 1.54) is 16.2 Å². The third-order valence-corrected chi connectivity index (χ3v) is 4.34. The molecule has 1 aromatic carbocycles. The minimum absolute atomic E-state index is 0.252. The fourth-order valence-electron chi connectivity index (χ4n) is 1.74. The molecule has 0 radical (unpaired) electrons. The van der Waals surface area contributed by atoms with E-state index in [0.29, 0.717) is 0 Å². The Kier molecular flexibility index (Phi) is 6.24. The zero-order valence-corrected chi connectivity index (χ0v) is 13.2. The van der Waals surface area contributed by atoms with Crippen LogP contribution in [0.4, 0.5) is 0 Å². The van der Waals surface area contributed by atoms with E-state index in [1.807, 2.05) is 11.8 Å². The summed E-state index contributed by atoms with van der Waals surface area (Å²) >= 11 is 1.96. The van der Waals surface area contributed by atoms with E-state index in [2.05, 4.69) is 64.2 Å². The summed E-state index contributed by atoms with van der Waals surface area (Å²) in [6.07, 6.45) is 0. The van der Waals surface area contributed by atoms with Crippen molar-refractivity contribution in [3.05, 3.63) is 29.8 Å². The largest absolute Gasteiger partial charge is 0.317 e. The van der Waals surface area contributed by atoms with E-state index in [4.69, 9.17) is 0 Å². The molecule has 2 heteroatoms. The Hall–Kier alpha value is -0.470. The van der Waals surface area contributed by atoms with Gasteiger partial charge in [-0.2, -0.15) is 0 Å². The first-order valence-corrected chi connectivity index (χ1v) is 7.86. The highest BCUT2D eigenvalue weighted by Gasteiger charge is 2.12. The molecule has 1 aromatic rings. The molecule has 0 aliphatic carbocycles. The van der Waals surface area contributed by atoms with Gasteiger partial charge in [-0.1, -0.05) is 46.8 Å². The Morgan fingerprint density at radius 3 is 2.28 bits per heavy atom. The monoisotopic (exact) mass is 265 g/mol. The van der Waals surface area contributed by atoms with E-state index >= 15 is 0 Å². The van der Waals surface area contributed by atoms with Crippen molar-refractivity contribution in [1.29, 1.82) is 0 Å². The Morgan fingerprint density at radius 2 is 1.78 bits per heavy atom. The summed E-state index contributed by atoms with van der Waals surface area (Å²) in [4.78, 5) is 1.38. The lowest BCUT2D eigenvalue weighted by molar-refractivity contribution is 0.574. The molecule has 0 amide bonds. The van der Waals surface area contributed by atoms with Crippen LogP contribution in [0.3, 0.4) is 0 Å². The molecule has 1 N–H and O–H groups in total. The molecule has 18 heavy (non-hydrogen) atoms. The molecule has 0 saturated carbocycles. The fourth-order valence-corrected chi connectivity index (χ4v) is 2.66. The normalized spacial score (nSPS) is 13.6. The molecule has 0 bridgehead atoms. The molecule has 1 unspecified atom stereocenters. The van der Waals surface area contributed by atoms with Crippen LogP contribution in [0, 0.1) is 5.92 Å². The summed E-state index contributed by atoms with van der Waals surface area (Å²) in [5, 5.41) is 3.40. The van der Waals surface area contributed by atoms with Gasteiger partial charge in [0.15, 0.2) is 0 Å². The van der Waals surface area contributed by atoms with Crippen molar-refractivity contribution in [1.82, 2.24) is 5.32 Å². The molecule has 0 saturated heterocycles. The lowest BCUT2D eigenvalue weighted by Crippen LogP contribution is -2.21. The summed E-state index contributed by atoms with van der Waals surface area (Å²) in [7, 11) is 0. The Labute approximate surface area is 117 Å². The molecular formula is C16H27NS. The second kappa shape index (κ2) is 7.20. The molecule has 1 rings (SSSR count). The number of benzene rings is 1. The number of hydrogen-bond donors (Lipinski definition) is 1. The molecule has 0 spiro atoms. The maximum atomic E-state index is 3.40. The van der Waals surface area contributed by atoms with Crippen molar-refractivity contribution >= 4 is 11.8 Å². The highest BCUT2D eigenvalue weighted by molar-refractivity contribution is 7.99. The van der Waals surface area contributed by atoms with E-state index in [1.54, 1.807) is 0 Å². The Balaban J connectivity index is 2.44. The number of hydrogen-bond acceptors (Lipinski definition) is 2. The van der Waals surface area contributed by atoms with Crippen LogP contribution in [0.1, 0.15) is 40.2 Å². The van der Waals surface area contributed by atoms with Crippen LogP contribution in [0.2, 0.25) is 0 Å². The van der Waals surface area contributed by atoms with Crippen molar-refractivity contribution in [2.75, 3.05) is 18.8 Å². The highest BCUT2D eigenvalue weighted by Crippen LogP contribution is 2.26. The molecule has 0 fully saturated rings. The smallest absolute Gasteiger partial charge is 0.00722 e. The predicted octanol–water partition coefficient (Wildman–Crippen LogP) is 4.32. The van der Waals surface area contributed by atoms with Crippen LogP contribution in [-0.4, -0.2) is 18.8 Å². The molecule has 0 aliphatic heterocycles. The van der Waals surface area contributed by atoms with Crippen molar-refractivity contribution in [2.24, 2.45) is 5.92 Å². The molecular weight excluding hydrogens is 238 g/mol. The van der Waals surface area contributed by atoms with Crippen LogP contribution in [0.15, 0.2) is 29.2 Å². The Morgan fingerprint density at radius 1 is 1.17 bits per heavy atom. The van der Waals surface area contributed by atoms with Gasteiger partial charge in [0.05, 0.1) is 0 Å². The van der Waals surface area contributed by atoms with E-state index in [9.17, 15) is 0 Å². The maximum Gasteiger partial charge on any atom is 0.00722 e. The molecule has 1 nitrogen and oxygen atoms in total. The third kappa shape index (κ3) is 5.45. The summed E-state index contributed by atoms with van der Waals surface area (Å²) in [6, 6.07) is 9.03. The minimum Gasteiger partial charge on any atom is -0.317 e. The van der Waals surface area contributed by atoms with Gasteiger partial charge in [-0.25, -0.2) is 0 Å². The van der Waals surface area contributed by atoms with Gasteiger partial charge in [-0.15, -0.1) is 11.8 Å². The highest BCUT2D eigenvalue weighted by atomic mass is 32.2. The first kappa shape index (κ1) is 15.6. The Bertz CT molecular complexity index is 337. The zero-order valence-electron chi connectivity index (χ0n) is 12.4. The van der Waals surface area contributed by atoms with Gasteiger partial charge in [-0.05, 0) is 42.1 Å². The standard InChI is InChI=1S/C16H27NS/c1-6-17-11-13(2)12-18-15-9-7-14(8-10-15)16(3,4)5/h7-10,13,17H,6,11-12H2,1-5H3. The zero-order chi connectivity index (χ0) is 13.6. The van der Waals surface area contributed by atoms with Gasteiger partial charge < -0.3 is 5.32 Å². The number of nitrogens with one attached hydrogen (secondary N) is 1. The minimum atomic E-state index is 0.252. The van der Waals surface area contributed by atoms with Crippen LogP contribution in [0.5, 0.6) is 0 Å². The third-order valence-electron chi connectivity index (χ3n) is 3.00. The van der Waals surface area contributed by atoms with Crippen LogP contribution >= 0.6 is 11.8 Å². The molecule has 102 valence electrons. The average molecular weight is 265 g/mol. The van der Waals surface area contributed by atoms with Gasteiger partial charge in [0.2, 0.25) is 0 Å². The maximum absolute atomic E-state index is 3.40. The second-order valence-electron chi connectivity index (χ2n) is 6.00. The van der Waals surface area contributed by atoms with Crippen molar-refractivity contribution in [3.63, 3.8) is 0 Å². The quantitative estimate of drug-likeness (QED) is 0.769. The van der Waals surface area contributed by atoms with Crippen molar-refractivity contribution in [2.45, 2.75) is 44.9 Å². The van der Waals surface area contributed by atoms with Crippen LogP contribution < -0.4 is 5.32 Å².